The highest BCUT2D eigenvalue weighted by Crippen LogP contribution is 2.43. The maximum Gasteiger partial charge on any atom is 0.119 e. The number of hydrogen-bond acceptors (Lipinski definition) is 4. The minimum atomic E-state index is 0.0232. The Morgan fingerprint density at radius 3 is 2.70 bits per heavy atom. The molecule has 3 atom stereocenters. The first-order valence-electron chi connectivity index (χ1n) is 8.57. The Morgan fingerprint density at radius 2 is 2.04 bits per heavy atom. The van der Waals surface area contributed by atoms with Crippen molar-refractivity contribution in [2.24, 2.45) is 0 Å². The molecule has 0 radical (unpaired) electrons. The van der Waals surface area contributed by atoms with Crippen LogP contribution in [-0.4, -0.2) is 50.5 Å². The molecule has 4 nitrogen and oxygen atoms in total. The fourth-order valence-electron chi connectivity index (χ4n) is 4.35. The quantitative estimate of drug-likeness (QED) is 0.834. The van der Waals surface area contributed by atoms with E-state index < -0.39 is 0 Å². The van der Waals surface area contributed by atoms with Crippen LogP contribution >= 0.6 is 0 Å². The summed E-state index contributed by atoms with van der Waals surface area (Å²) < 4.78 is 17.0. The molecule has 4 heteroatoms. The Bertz CT molecular complexity index is 547. The number of methoxy groups -OCH3 is 3. The number of ether oxygens (including phenoxy) is 3. The minimum absolute atomic E-state index is 0.0232. The number of rotatable bonds is 5. The van der Waals surface area contributed by atoms with Crippen LogP contribution in [0, 0.1) is 6.92 Å². The molecule has 1 aliphatic heterocycles. The molecule has 1 aromatic carbocycles. The minimum Gasteiger partial charge on any atom is -0.497 e. The lowest BCUT2D eigenvalue weighted by atomic mass is 9.79. The fourth-order valence-corrected chi connectivity index (χ4v) is 4.35. The summed E-state index contributed by atoms with van der Waals surface area (Å²) in [5.74, 6) is 0.927. The molecule has 0 unspecified atom stereocenters. The second kappa shape index (κ2) is 6.80. The summed E-state index contributed by atoms with van der Waals surface area (Å²) in [7, 11) is 5.43. The van der Waals surface area contributed by atoms with Crippen molar-refractivity contribution in [3.05, 3.63) is 29.3 Å². The highest BCUT2D eigenvalue weighted by molar-refractivity contribution is 5.35. The van der Waals surface area contributed by atoms with E-state index in [2.05, 4.69) is 30.0 Å². The molecule has 1 saturated carbocycles. The molecule has 1 aromatic rings. The van der Waals surface area contributed by atoms with E-state index in [1.165, 1.54) is 11.1 Å². The van der Waals surface area contributed by atoms with Crippen molar-refractivity contribution >= 4 is 0 Å². The summed E-state index contributed by atoms with van der Waals surface area (Å²) in [5, 5.41) is 0. The third kappa shape index (κ3) is 3.12. The Hall–Kier alpha value is -1.10. The molecular weight excluding hydrogens is 290 g/mol. The first kappa shape index (κ1) is 16.7. The number of fused-ring (bicyclic) bond motifs is 1. The van der Waals surface area contributed by atoms with Gasteiger partial charge in [-0.3, -0.25) is 4.90 Å². The zero-order valence-corrected chi connectivity index (χ0v) is 14.8. The number of hydrogen-bond donors (Lipinski definition) is 0. The van der Waals surface area contributed by atoms with E-state index in [1.807, 2.05) is 14.2 Å². The van der Waals surface area contributed by atoms with Gasteiger partial charge in [-0.25, -0.2) is 0 Å². The molecule has 1 heterocycles. The van der Waals surface area contributed by atoms with Crippen LogP contribution in [0.4, 0.5) is 0 Å². The van der Waals surface area contributed by atoms with Crippen LogP contribution in [0.2, 0.25) is 0 Å². The molecule has 128 valence electrons. The van der Waals surface area contributed by atoms with Crippen LogP contribution in [0.5, 0.6) is 5.75 Å². The Morgan fingerprint density at radius 1 is 1.22 bits per heavy atom. The van der Waals surface area contributed by atoms with Gasteiger partial charge in [0.05, 0.1) is 18.8 Å². The van der Waals surface area contributed by atoms with Crippen molar-refractivity contribution in [3.8, 4) is 5.75 Å². The number of benzene rings is 1. The molecule has 23 heavy (non-hydrogen) atoms. The number of aryl methyl sites for hydroxylation is 1. The summed E-state index contributed by atoms with van der Waals surface area (Å²) in [5.41, 5.74) is 2.69. The van der Waals surface area contributed by atoms with Crippen LogP contribution in [-0.2, 0) is 16.0 Å². The zero-order valence-electron chi connectivity index (χ0n) is 14.8. The van der Waals surface area contributed by atoms with Gasteiger partial charge >= 0.3 is 0 Å². The van der Waals surface area contributed by atoms with Crippen molar-refractivity contribution in [3.63, 3.8) is 0 Å². The van der Waals surface area contributed by atoms with Crippen molar-refractivity contribution in [2.75, 3.05) is 27.9 Å². The van der Waals surface area contributed by atoms with Crippen LogP contribution in [0.15, 0.2) is 18.2 Å². The Labute approximate surface area is 139 Å². The Balaban J connectivity index is 1.77. The van der Waals surface area contributed by atoms with Gasteiger partial charge in [0.1, 0.15) is 5.75 Å². The lowest BCUT2D eigenvalue weighted by molar-refractivity contribution is -0.0947. The van der Waals surface area contributed by atoms with Gasteiger partial charge in [-0.1, -0.05) is 6.07 Å². The lowest BCUT2D eigenvalue weighted by Gasteiger charge is -2.43. The summed E-state index contributed by atoms with van der Waals surface area (Å²) in [6.07, 6.45) is 4.77. The smallest absolute Gasteiger partial charge is 0.119 e. The van der Waals surface area contributed by atoms with E-state index in [0.29, 0.717) is 12.1 Å². The first-order valence-corrected chi connectivity index (χ1v) is 8.57. The molecule has 0 spiro atoms. The van der Waals surface area contributed by atoms with Crippen LogP contribution in [0.25, 0.3) is 0 Å². The van der Waals surface area contributed by atoms with Gasteiger partial charge in [0.25, 0.3) is 0 Å². The van der Waals surface area contributed by atoms with E-state index in [9.17, 15) is 0 Å². The molecule has 1 saturated heterocycles. The monoisotopic (exact) mass is 319 g/mol. The summed E-state index contributed by atoms with van der Waals surface area (Å²) in [6, 6.07) is 6.82. The van der Waals surface area contributed by atoms with Crippen LogP contribution < -0.4 is 4.74 Å². The molecular formula is C19H29NO3. The third-order valence-electron chi connectivity index (χ3n) is 5.91. The zero-order chi connectivity index (χ0) is 16.4. The van der Waals surface area contributed by atoms with Gasteiger partial charge < -0.3 is 14.2 Å². The van der Waals surface area contributed by atoms with E-state index in [4.69, 9.17) is 14.2 Å². The molecule has 0 N–H and O–H groups in total. The number of nitrogens with zero attached hydrogens (tertiary/aromatic N) is 1. The molecule has 2 aliphatic rings. The average molecular weight is 319 g/mol. The van der Waals surface area contributed by atoms with Crippen molar-refractivity contribution in [1.29, 1.82) is 0 Å². The van der Waals surface area contributed by atoms with Crippen molar-refractivity contribution in [1.82, 2.24) is 4.90 Å². The molecule has 0 bridgehead atoms. The van der Waals surface area contributed by atoms with Crippen molar-refractivity contribution < 1.29 is 14.2 Å². The van der Waals surface area contributed by atoms with Gasteiger partial charge in [0, 0.05) is 33.4 Å². The van der Waals surface area contributed by atoms with Gasteiger partial charge in [0.15, 0.2) is 0 Å². The first-order chi connectivity index (χ1) is 11.1. The van der Waals surface area contributed by atoms with Crippen LogP contribution in [0.1, 0.15) is 36.8 Å². The predicted molar refractivity (Wildman–Crippen MR) is 90.9 cm³/mol. The second-order valence-corrected chi connectivity index (χ2v) is 6.93. The molecule has 2 fully saturated rings. The van der Waals surface area contributed by atoms with Crippen molar-refractivity contribution in [2.45, 2.75) is 56.9 Å². The molecule has 3 rings (SSSR count). The predicted octanol–water partition coefficient (Wildman–Crippen LogP) is 3.16. The van der Waals surface area contributed by atoms with E-state index >= 15 is 0 Å². The number of likely N-dealkylation sites (tertiary alicyclic amines) is 1. The summed E-state index contributed by atoms with van der Waals surface area (Å²) in [6.45, 7) is 4.23. The average Bonchev–Trinajstić information content (AvgIpc) is 2.95. The topological polar surface area (TPSA) is 30.9 Å². The maximum atomic E-state index is 6.01. The second-order valence-electron chi connectivity index (χ2n) is 6.93. The highest BCUT2D eigenvalue weighted by atomic mass is 16.5. The molecule has 0 aromatic heterocycles. The normalized spacial score (nSPS) is 31.1. The highest BCUT2D eigenvalue weighted by Gasteiger charge is 2.50. The van der Waals surface area contributed by atoms with E-state index in [1.54, 1.807) is 7.11 Å². The van der Waals surface area contributed by atoms with E-state index in [0.717, 1.165) is 44.5 Å². The largest absolute Gasteiger partial charge is 0.497 e. The summed E-state index contributed by atoms with van der Waals surface area (Å²) in [4.78, 5) is 2.59. The van der Waals surface area contributed by atoms with Gasteiger partial charge in [-0.2, -0.15) is 0 Å². The standard InChI is InChI=1S/C19H29NO3/c1-14-11-16(21-2)6-5-15(14)13-20-10-9-19(23-4)8-7-17(22-3)12-18(19)20/h5-6,11,17-18H,7-10,12-13H2,1-4H3/t17-,18-,19+/m0/s1. The Kier molecular flexibility index (Phi) is 4.95. The maximum absolute atomic E-state index is 6.01. The van der Waals surface area contributed by atoms with Crippen LogP contribution in [0.3, 0.4) is 0 Å². The van der Waals surface area contributed by atoms with Gasteiger partial charge in [-0.05, 0) is 55.9 Å². The molecule has 0 amide bonds. The van der Waals surface area contributed by atoms with Gasteiger partial charge in [0.2, 0.25) is 0 Å². The van der Waals surface area contributed by atoms with Gasteiger partial charge in [-0.15, -0.1) is 0 Å². The SMILES string of the molecule is COc1ccc(CN2CC[C@]3(OC)CC[C@H](OC)C[C@H]23)c(C)c1. The third-order valence-corrected chi connectivity index (χ3v) is 5.91. The van der Waals surface area contributed by atoms with E-state index in [-0.39, 0.29) is 5.60 Å². The lowest BCUT2D eigenvalue weighted by Crippen LogP contribution is -2.51. The fraction of sp³-hybridized carbons (Fsp3) is 0.684. The molecule has 1 aliphatic carbocycles. The summed E-state index contributed by atoms with van der Waals surface area (Å²) >= 11 is 0.